The first-order valence-electron chi connectivity index (χ1n) is 5.25. The first-order chi connectivity index (χ1) is 6.20. The molecule has 0 fully saturated rings. The Balaban J connectivity index is 2.35. The van der Waals surface area contributed by atoms with Crippen LogP contribution in [0, 0.1) is 17.8 Å². The van der Waals surface area contributed by atoms with E-state index in [4.69, 9.17) is 0 Å². The summed E-state index contributed by atoms with van der Waals surface area (Å²) in [5.74, 6) is 1.90. The van der Waals surface area contributed by atoms with Crippen molar-refractivity contribution in [1.29, 1.82) is 0 Å². The van der Waals surface area contributed by atoms with E-state index in [-0.39, 0.29) is 0 Å². The van der Waals surface area contributed by atoms with Crippen LogP contribution in [0.2, 0.25) is 0 Å². The summed E-state index contributed by atoms with van der Waals surface area (Å²) in [6.07, 6.45) is 1.23. The van der Waals surface area contributed by atoms with Crippen molar-refractivity contribution in [3.63, 3.8) is 0 Å². The molecule has 3 unspecified atom stereocenters. The molecule has 72 valence electrons. The molecular weight excluding hydrogens is 160 g/mol. The van der Waals surface area contributed by atoms with Gasteiger partial charge in [0.2, 0.25) is 0 Å². The van der Waals surface area contributed by atoms with Crippen LogP contribution in [0.3, 0.4) is 0 Å². The molecule has 0 N–H and O–H groups in total. The van der Waals surface area contributed by atoms with Gasteiger partial charge in [-0.3, -0.25) is 9.98 Å². The van der Waals surface area contributed by atoms with Crippen molar-refractivity contribution < 1.29 is 0 Å². The fourth-order valence-corrected chi connectivity index (χ4v) is 2.51. The largest absolute Gasteiger partial charge is 0.293 e. The van der Waals surface area contributed by atoms with Crippen LogP contribution in [0.4, 0.5) is 0 Å². The molecule has 0 amide bonds. The highest BCUT2D eigenvalue weighted by Gasteiger charge is 2.33. The van der Waals surface area contributed by atoms with Gasteiger partial charge < -0.3 is 0 Å². The van der Waals surface area contributed by atoms with E-state index in [1.54, 1.807) is 0 Å². The van der Waals surface area contributed by atoms with E-state index in [1.165, 1.54) is 17.8 Å². The number of rotatable bonds is 0. The lowest BCUT2D eigenvalue weighted by molar-refractivity contribution is 0.457. The van der Waals surface area contributed by atoms with Crippen LogP contribution in [0.5, 0.6) is 0 Å². The zero-order valence-corrected chi connectivity index (χ0v) is 8.75. The lowest BCUT2D eigenvalue weighted by atomic mass is 9.76. The van der Waals surface area contributed by atoms with Crippen molar-refractivity contribution in [2.75, 3.05) is 13.1 Å². The van der Waals surface area contributed by atoms with E-state index < -0.39 is 0 Å². The van der Waals surface area contributed by atoms with E-state index in [0.29, 0.717) is 11.8 Å². The van der Waals surface area contributed by atoms with Gasteiger partial charge in [0.1, 0.15) is 0 Å². The Labute approximate surface area is 80.2 Å². The van der Waals surface area contributed by atoms with Gasteiger partial charge in [-0.05, 0) is 19.3 Å². The first kappa shape index (κ1) is 8.92. The molecule has 3 atom stereocenters. The minimum atomic E-state index is 0.567. The van der Waals surface area contributed by atoms with Crippen molar-refractivity contribution in [2.24, 2.45) is 27.7 Å². The second-order valence-electron chi connectivity index (χ2n) is 4.43. The lowest BCUT2D eigenvalue weighted by Crippen LogP contribution is -2.40. The summed E-state index contributed by atoms with van der Waals surface area (Å²) in [7, 11) is 0. The third-order valence-corrected chi connectivity index (χ3v) is 3.34. The summed E-state index contributed by atoms with van der Waals surface area (Å²) in [5.41, 5.74) is 2.73. The van der Waals surface area contributed by atoms with Gasteiger partial charge in [0, 0.05) is 36.3 Å². The maximum Gasteiger partial charge on any atom is 0.0466 e. The number of aliphatic imine (C=N–C) groups is 2. The fourth-order valence-electron chi connectivity index (χ4n) is 2.51. The highest BCUT2D eigenvalue weighted by molar-refractivity contribution is 6.09. The van der Waals surface area contributed by atoms with Crippen LogP contribution < -0.4 is 0 Å². The molecule has 2 heteroatoms. The monoisotopic (exact) mass is 178 g/mol. The molecule has 0 radical (unpaired) electrons. The molecular formula is C11H18N2. The topological polar surface area (TPSA) is 24.7 Å². The Morgan fingerprint density at radius 2 is 2.00 bits per heavy atom. The molecule has 0 aromatic heterocycles. The number of nitrogens with zero attached hydrogens (tertiary/aromatic N) is 2. The third kappa shape index (κ3) is 1.43. The van der Waals surface area contributed by atoms with Crippen LogP contribution in [-0.4, -0.2) is 24.5 Å². The normalized spacial score (nSPS) is 39.2. The molecule has 0 saturated carbocycles. The number of fused-ring (bicyclic) bond motifs is 1. The van der Waals surface area contributed by atoms with E-state index in [2.05, 4.69) is 30.8 Å². The summed E-state index contributed by atoms with van der Waals surface area (Å²) in [4.78, 5) is 9.25. The summed E-state index contributed by atoms with van der Waals surface area (Å²) in [6.45, 7) is 8.72. The maximum atomic E-state index is 4.67. The minimum absolute atomic E-state index is 0.567. The maximum absolute atomic E-state index is 4.67. The van der Waals surface area contributed by atoms with E-state index in [9.17, 15) is 0 Å². The van der Waals surface area contributed by atoms with Crippen LogP contribution in [-0.2, 0) is 0 Å². The van der Waals surface area contributed by atoms with Crippen molar-refractivity contribution in [1.82, 2.24) is 0 Å². The average Bonchev–Trinajstić information content (AvgIpc) is 2.12. The molecule has 0 aliphatic carbocycles. The molecule has 2 rings (SSSR count). The molecule has 13 heavy (non-hydrogen) atoms. The van der Waals surface area contributed by atoms with Crippen molar-refractivity contribution >= 4 is 11.4 Å². The van der Waals surface area contributed by atoms with E-state index in [0.717, 1.165) is 19.0 Å². The summed E-state index contributed by atoms with van der Waals surface area (Å²) < 4.78 is 0. The number of hydrogen-bond acceptors (Lipinski definition) is 2. The van der Waals surface area contributed by atoms with E-state index in [1.807, 2.05) is 0 Å². The van der Waals surface area contributed by atoms with E-state index >= 15 is 0 Å². The second-order valence-corrected chi connectivity index (χ2v) is 4.43. The summed E-state index contributed by atoms with van der Waals surface area (Å²) >= 11 is 0. The summed E-state index contributed by atoms with van der Waals surface area (Å²) in [6, 6.07) is 0. The molecule has 0 bridgehead atoms. The Morgan fingerprint density at radius 1 is 1.23 bits per heavy atom. The molecule has 0 aromatic carbocycles. The fraction of sp³-hybridized carbons (Fsp3) is 0.818. The average molecular weight is 178 g/mol. The van der Waals surface area contributed by atoms with Crippen LogP contribution in [0.1, 0.15) is 27.2 Å². The Bertz CT molecular complexity index is 265. The van der Waals surface area contributed by atoms with Crippen molar-refractivity contribution in [3.8, 4) is 0 Å². The van der Waals surface area contributed by atoms with Crippen LogP contribution in [0.15, 0.2) is 9.98 Å². The molecule has 2 aliphatic heterocycles. The molecule has 2 aliphatic rings. The van der Waals surface area contributed by atoms with Gasteiger partial charge in [-0.25, -0.2) is 0 Å². The van der Waals surface area contributed by atoms with Gasteiger partial charge in [-0.15, -0.1) is 0 Å². The molecule has 0 aromatic rings. The second kappa shape index (κ2) is 3.24. The van der Waals surface area contributed by atoms with Crippen LogP contribution in [0.25, 0.3) is 0 Å². The predicted octanol–water partition coefficient (Wildman–Crippen LogP) is 2.19. The zero-order valence-electron chi connectivity index (χ0n) is 8.75. The quantitative estimate of drug-likeness (QED) is 0.543. The highest BCUT2D eigenvalue weighted by atomic mass is 14.9. The smallest absolute Gasteiger partial charge is 0.0466 e. The van der Waals surface area contributed by atoms with Gasteiger partial charge >= 0.3 is 0 Å². The zero-order chi connectivity index (χ0) is 9.42. The van der Waals surface area contributed by atoms with Gasteiger partial charge in [0.15, 0.2) is 0 Å². The van der Waals surface area contributed by atoms with Crippen LogP contribution >= 0.6 is 0 Å². The van der Waals surface area contributed by atoms with Gasteiger partial charge in [0.25, 0.3) is 0 Å². The van der Waals surface area contributed by atoms with Gasteiger partial charge in [-0.1, -0.05) is 13.8 Å². The highest BCUT2D eigenvalue weighted by Crippen LogP contribution is 2.29. The molecule has 2 nitrogen and oxygen atoms in total. The van der Waals surface area contributed by atoms with Crippen molar-refractivity contribution in [3.05, 3.63) is 0 Å². The Kier molecular flexibility index (Phi) is 2.22. The Morgan fingerprint density at radius 3 is 2.69 bits per heavy atom. The first-order valence-corrected chi connectivity index (χ1v) is 5.25. The number of hydrogen-bond donors (Lipinski definition) is 0. The van der Waals surface area contributed by atoms with Gasteiger partial charge in [-0.2, -0.15) is 0 Å². The minimum Gasteiger partial charge on any atom is -0.293 e. The molecule has 2 heterocycles. The predicted molar refractivity (Wildman–Crippen MR) is 56.7 cm³/mol. The van der Waals surface area contributed by atoms with Gasteiger partial charge in [0.05, 0.1) is 0 Å². The van der Waals surface area contributed by atoms with Crippen molar-refractivity contribution in [2.45, 2.75) is 27.2 Å². The molecule has 0 spiro atoms. The Hall–Kier alpha value is -0.660. The standard InChI is InChI=1S/C11H18N2/c1-7-4-5-12-11-8(2)6-13-9(3)10(7)11/h7-8,10H,4-6H2,1-3H3. The molecule has 0 saturated heterocycles. The lowest BCUT2D eigenvalue weighted by Gasteiger charge is -2.35. The SMILES string of the molecule is CC1=NCC(C)C2=NCCC(C)C12. The third-order valence-electron chi connectivity index (χ3n) is 3.34. The summed E-state index contributed by atoms with van der Waals surface area (Å²) in [5, 5.41) is 0.